The van der Waals surface area contributed by atoms with Crippen LogP contribution in [0.15, 0.2) is 22.7 Å². The standard InChI is InChI=1S/C9H10BrClO/c1-2-9(12)6-3-7(10)5-8(11)4-6/h3-5,9,12H,2H2,1H3. The smallest absolute Gasteiger partial charge is 0.0788 e. The second-order valence-electron chi connectivity index (χ2n) is 2.63. The lowest BCUT2D eigenvalue weighted by atomic mass is 10.1. The maximum Gasteiger partial charge on any atom is 0.0788 e. The molecule has 0 aromatic heterocycles. The highest BCUT2D eigenvalue weighted by molar-refractivity contribution is 9.10. The molecule has 0 aliphatic heterocycles. The highest BCUT2D eigenvalue weighted by Crippen LogP contribution is 2.25. The summed E-state index contributed by atoms with van der Waals surface area (Å²) in [7, 11) is 0. The largest absolute Gasteiger partial charge is 0.388 e. The molecule has 1 N–H and O–H groups in total. The van der Waals surface area contributed by atoms with E-state index in [-0.39, 0.29) is 0 Å². The van der Waals surface area contributed by atoms with Crippen molar-refractivity contribution in [3.8, 4) is 0 Å². The first-order valence-electron chi connectivity index (χ1n) is 3.77. The Labute approximate surface area is 85.5 Å². The van der Waals surface area contributed by atoms with Gasteiger partial charge in [-0.25, -0.2) is 0 Å². The van der Waals surface area contributed by atoms with Gasteiger partial charge in [0.25, 0.3) is 0 Å². The van der Waals surface area contributed by atoms with E-state index in [1.807, 2.05) is 13.0 Å². The Hall–Kier alpha value is -0.0500. The summed E-state index contributed by atoms with van der Waals surface area (Å²) in [6.45, 7) is 1.93. The summed E-state index contributed by atoms with van der Waals surface area (Å²) < 4.78 is 0.900. The summed E-state index contributed by atoms with van der Waals surface area (Å²) in [5.74, 6) is 0. The van der Waals surface area contributed by atoms with Crippen LogP contribution in [0.25, 0.3) is 0 Å². The molecule has 1 nitrogen and oxygen atoms in total. The third-order valence-corrected chi connectivity index (χ3v) is 2.33. The van der Waals surface area contributed by atoms with Crippen LogP contribution < -0.4 is 0 Å². The Kier molecular flexibility index (Phi) is 3.56. The van der Waals surface area contributed by atoms with Crippen molar-refractivity contribution in [2.75, 3.05) is 0 Å². The molecule has 66 valence electrons. The van der Waals surface area contributed by atoms with Gasteiger partial charge < -0.3 is 5.11 Å². The van der Waals surface area contributed by atoms with Crippen molar-refractivity contribution in [3.63, 3.8) is 0 Å². The maximum absolute atomic E-state index is 9.50. The summed E-state index contributed by atoms with van der Waals surface area (Å²) in [6, 6.07) is 5.45. The van der Waals surface area contributed by atoms with Gasteiger partial charge in [-0.05, 0) is 30.2 Å². The van der Waals surface area contributed by atoms with E-state index in [4.69, 9.17) is 11.6 Å². The zero-order valence-corrected chi connectivity index (χ0v) is 9.06. The normalized spacial score (nSPS) is 13.0. The van der Waals surface area contributed by atoms with Gasteiger partial charge in [0.1, 0.15) is 0 Å². The van der Waals surface area contributed by atoms with Crippen LogP contribution in [0.3, 0.4) is 0 Å². The van der Waals surface area contributed by atoms with Crippen LogP contribution in [-0.4, -0.2) is 5.11 Å². The number of aliphatic hydroxyl groups excluding tert-OH is 1. The molecule has 0 heterocycles. The van der Waals surface area contributed by atoms with E-state index in [1.165, 1.54) is 0 Å². The summed E-state index contributed by atoms with van der Waals surface area (Å²) in [6.07, 6.45) is 0.285. The lowest BCUT2D eigenvalue weighted by Gasteiger charge is -2.08. The molecule has 0 saturated carbocycles. The molecule has 0 aliphatic carbocycles. The van der Waals surface area contributed by atoms with Crippen molar-refractivity contribution in [3.05, 3.63) is 33.3 Å². The fraction of sp³-hybridized carbons (Fsp3) is 0.333. The number of hydrogen-bond donors (Lipinski definition) is 1. The second-order valence-corrected chi connectivity index (χ2v) is 3.98. The Morgan fingerprint density at radius 1 is 1.50 bits per heavy atom. The fourth-order valence-electron chi connectivity index (χ4n) is 1.00. The molecule has 1 rings (SSSR count). The SMILES string of the molecule is CCC(O)c1cc(Cl)cc(Br)c1. The molecule has 0 aliphatic rings. The monoisotopic (exact) mass is 248 g/mol. The Bertz CT molecular complexity index is 255. The molecule has 1 aromatic carbocycles. The Balaban J connectivity index is 3.00. The van der Waals surface area contributed by atoms with Crippen LogP contribution in [0, 0.1) is 0 Å². The van der Waals surface area contributed by atoms with Crippen molar-refractivity contribution in [1.29, 1.82) is 0 Å². The second kappa shape index (κ2) is 4.26. The van der Waals surface area contributed by atoms with Crippen LogP contribution in [-0.2, 0) is 0 Å². The lowest BCUT2D eigenvalue weighted by molar-refractivity contribution is 0.173. The van der Waals surface area contributed by atoms with Gasteiger partial charge >= 0.3 is 0 Å². The van der Waals surface area contributed by atoms with Gasteiger partial charge in [0, 0.05) is 9.50 Å². The molecule has 1 atom stereocenters. The molecule has 0 amide bonds. The summed E-state index contributed by atoms with van der Waals surface area (Å²) in [5.41, 5.74) is 0.858. The van der Waals surface area contributed by atoms with E-state index in [0.29, 0.717) is 11.4 Å². The van der Waals surface area contributed by atoms with Crippen molar-refractivity contribution < 1.29 is 5.11 Å². The van der Waals surface area contributed by atoms with E-state index in [0.717, 1.165) is 10.0 Å². The highest BCUT2D eigenvalue weighted by atomic mass is 79.9. The lowest BCUT2D eigenvalue weighted by Crippen LogP contribution is -1.94. The molecular weight excluding hydrogens is 239 g/mol. The third-order valence-electron chi connectivity index (χ3n) is 1.66. The average Bonchev–Trinajstić information content (AvgIpc) is 2.01. The van der Waals surface area contributed by atoms with Gasteiger partial charge in [0.05, 0.1) is 6.10 Å². The zero-order chi connectivity index (χ0) is 9.14. The quantitative estimate of drug-likeness (QED) is 0.850. The molecule has 1 unspecified atom stereocenters. The van der Waals surface area contributed by atoms with Crippen molar-refractivity contribution in [2.24, 2.45) is 0 Å². The van der Waals surface area contributed by atoms with Crippen molar-refractivity contribution in [2.45, 2.75) is 19.4 Å². The van der Waals surface area contributed by atoms with Gasteiger partial charge in [-0.2, -0.15) is 0 Å². The van der Waals surface area contributed by atoms with E-state index in [9.17, 15) is 5.11 Å². The van der Waals surface area contributed by atoms with Gasteiger partial charge in [0.2, 0.25) is 0 Å². The van der Waals surface area contributed by atoms with E-state index in [2.05, 4.69) is 15.9 Å². The van der Waals surface area contributed by atoms with Gasteiger partial charge in [-0.3, -0.25) is 0 Å². The average molecular weight is 250 g/mol. The van der Waals surface area contributed by atoms with Gasteiger partial charge in [0.15, 0.2) is 0 Å². The molecule has 0 spiro atoms. The molecular formula is C9H10BrClO. The molecule has 0 saturated heterocycles. The Morgan fingerprint density at radius 2 is 2.17 bits per heavy atom. The molecule has 0 radical (unpaired) electrons. The number of benzene rings is 1. The molecule has 3 heteroatoms. The molecule has 0 bridgehead atoms. The number of halogens is 2. The van der Waals surface area contributed by atoms with Gasteiger partial charge in [-0.1, -0.05) is 34.5 Å². The van der Waals surface area contributed by atoms with Crippen LogP contribution >= 0.6 is 27.5 Å². The van der Waals surface area contributed by atoms with E-state index >= 15 is 0 Å². The molecule has 1 aromatic rings. The number of hydrogen-bond acceptors (Lipinski definition) is 1. The minimum Gasteiger partial charge on any atom is -0.388 e. The predicted octanol–water partition coefficient (Wildman–Crippen LogP) is 3.55. The first kappa shape index (κ1) is 10.0. The predicted molar refractivity (Wildman–Crippen MR) is 54.4 cm³/mol. The van der Waals surface area contributed by atoms with Crippen molar-refractivity contribution in [1.82, 2.24) is 0 Å². The van der Waals surface area contributed by atoms with Crippen LogP contribution in [0.2, 0.25) is 5.02 Å². The van der Waals surface area contributed by atoms with Crippen LogP contribution in [0.1, 0.15) is 25.0 Å². The number of rotatable bonds is 2. The third kappa shape index (κ3) is 2.47. The number of aliphatic hydroxyl groups is 1. The fourth-order valence-corrected chi connectivity index (χ4v) is 1.89. The van der Waals surface area contributed by atoms with E-state index in [1.54, 1.807) is 12.1 Å². The van der Waals surface area contributed by atoms with Crippen LogP contribution in [0.4, 0.5) is 0 Å². The highest BCUT2D eigenvalue weighted by Gasteiger charge is 2.05. The van der Waals surface area contributed by atoms with E-state index < -0.39 is 6.10 Å². The maximum atomic E-state index is 9.50. The first-order valence-corrected chi connectivity index (χ1v) is 4.94. The molecule has 0 fully saturated rings. The topological polar surface area (TPSA) is 20.2 Å². The van der Waals surface area contributed by atoms with Gasteiger partial charge in [-0.15, -0.1) is 0 Å². The summed E-state index contributed by atoms with van der Waals surface area (Å²) >= 11 is 9.12. The van der Waals surface area contributed by atoms with Crippen LogP contribution in [0.5, 0.6) is 0 Å². The zero-order valence-electron chi connectivity index (χ0n) is 6.72. The summed E-state index contributed by atoms with van der Waals surface area (Å²) in [4.78, 5) is 0. The minimum atomic E-state index is -0.417. The summed E-state index contributed by atoms with van der Waals surface area (Å²) in [5, 5.41) is 10.1. The molecule has 12 heavy (non-hydrogen) atoms. The van der Waals surface area contributed by atoms with Crippen molar-refractivity contribution >= 4 is 27.5 Å². The first-order chi connectivity index (χ1) is 5.63. The Morgan fingerprint density at radius 3 is 2.67 bits per heavy atom. The minimum absolute atomic E-state index is 0.417.